The van der Waals surface area contributed by atoms with E-state index in [2.05, 4.69) is 19.5 Å². The second-order valence-electron chi connectivity index (χ2n) is 6.35. The number of piperidine rings is 1. The first-order chi connectivity index (χ1) is 12.7. The number of thiazole rings is 1. The van der Waals surface area contributed by atoms with Gasteiger partial charge in [-0.15, -0.1) is 11.3 Å². The second kappa shape index (κ2) is 7.25. The first-order valence-electron chi connectivity index (χ1n) is 8.53. The molecule has 1 aliphatic rings. The third-order valence-electron chi connectivity index (χ3n) is 4.63. The Morgan fingerprint density at radius 2 is 2.23 bits per heavy atom. The van der Waals surface area contributed by atoms with Crippen LogP contribution in [0.25, 0.3) is 0 Å². The second-order valence-corrected chi connectivity index (χ2v) is 7.07. The lowest BCUT2D eigenvalue weighted by atomic mass is 9.96. The van der Waals surface area contributed by atoms with Crippen LogP contribution in [0.4, 0.5) is 0 Å². The van der Waals surface area contributed by atoms with E-state index in [1.54, 1.807) is 28.5 Å². The third kappa shape index (κ3) is 3.32. The lowest BCUT2D eigenvalue weighted by Gasteiger charge is -2.32. The topological polar surface area (TPSA) is 84.1 Å². The van der Waals surface area contributed by atoms with Crippen LogP contribution in [0.5, 0.6) is 5.75 Å². The van der Waals surface area contributed by atoms with Crippen LogP contribution >= 0.6 is 11.3 Å². The number of aromatic hydroxyl groups is 1. The molecule has 1 fully saturated rings. The zero-order valence-corrected chi connectivity index (χ0v) is 15.0. The van der Waals surface area contributed by atoms with Crippen molar-refractivity contribution >= 4 is 17.2 Å². The van der Waals surface area contributed by atoms with Crippen LogP contribution in [-0.2, 0) is 6.54 Å². The molecule has 0 aromatic carbocycles. The van der Waals surface area contributed by atoms with Crippen molar-refractivity contribution in [3.8, 4) is 5.75 Å². The van der Waals surface area contributed by atoms with Gasteiger partial charge in [0.25, 0.3) is 5.91 Å². The summed E-state index contributed by atoms with van der Waals surface area (Å²) in [7, 11) is 0. The predicted molar refractivity (Wildman–Crippen MR) is 97.2 cm³/mol. The van der Waals surface area contributed by atoms with Crippen LogP contribution < -0.4 is 0 Å². The Morgan fingerprint density at radius 3 is 3.04 bits per heavy atom. The number of carbonyl (C=O) groups excluding carboxylic acids is 1. The summed E-state index contributed by atoms with van der Waals surface area (Å²) in [6.45, 7) is 1.92. The molecule has 4 heterocycles. The van der Waals surface area contributed by atoms with Gasteiger partial charge in [-0.1, -0.05) is 0 Å². The maximum atomic E-state index is 12.7. The number of hydrogen-bond donors (Lipinski definition) is 1. The molecule has 0 unspecified atom stereocenters. The number of likely N-dealkylation sites (tertiary alicyclic amines) is 1. The molecule has 0 radical (unpaired) electrons. The van der Waals surface area contributed by atoms with Crippen LogP contribution in [-0.4, -0.2) is 48.5 Å². The van der Waals surface area contributed by atoms with E-state index in [-0.39, 0.29) is 23.3 Å². The fraction of sp³-hybridized carbons (Fsp3) is 0.333. The van der Waals surface area contributed by atoms with Crippen molar-refractivity contribution in [2.45, 2.75) is 25.3 Å². The van der Waals surface area contributed by atoms with Gasteiger partial charge in [0.1, 0.15) is 11.6 Å². The van der Waals surface area contributed by atoms with E-state index in [1.807, 2.05) is 17.1 Å². The third-order valence-corrected chi connectivity index (χ3v) is 5.26. The van der Waals surface area contributed by atoms with E-state index in [4.69, 9.17) is 0 Å². The van der Waals surface area contributed by atoms with Gasteiger partial charge in [0.15, 0.2) is 5.69 Å². The van der Waals surface area contributed by atoms with Gasteiger partial charge in [-0.05, 0) is 25.0 Å². The molecule has 7 nitrogen and oxygen atoms in total. The summed E-state index contributed by atoms with van der Waals surface area (Å²) >= 11 is 1.58. The largest absolute Gasteiger partial charge is 0.505 e. The van der Waals surface area contributed by atoms with Crippen molar-refractivity contribution in [2.24, 2.45) is 0 Å². The van der Waals surface area contributed by atoms with E-state index in [1.165, 1.54) is 12.3 Å². The molecule has 1 aliphatic heterocycles. The molecule has 0 spiro atoms. The quantitative estimate of drug-likeness (QED) is 0.764. The Kier molecular flexibility index (Phi) is 4.66. The van der Waals surface area contributed by atoms with Crippen LogP contribution in [0.2, 0.25) is 0 Å². The molecule has 8 heteroatoms. The van der Waals surface area contributed by atoms with E-state index in [0.717, 1.165) is 24.4 Å². The van der Waals surface area contributed by atoms with Gasteiger partial charge in [0.2, 0.25) is 0 Å². The number of hydrogen-bond acceptors (Lipinski definition) is 6. The van der Waals surface area contributed by atoms with Crippen molar-refractivity contribution in [3.63, 3.8) is 0 Å². The monoisotopic (exact) mass is 369 g/mol. The zero-order chi connectivity index (χ0) is 17.9. The minimum atomic E-state index is -0.231. The van der Waals surface area contributed by atoms with E-state index >= 15 is 0 Å². The summed E-state index contributed by atoms with van der Waals surface area (Å²) in [5.41, 5.74) is 2.95. The maximum Gasteiger partial charge on any atom is 0.276 e. The van der Waals surface area contributed by atoms with E-state index in [0.29, 0.717) is 19.6 Å². The molecule has 0 bridgehead atoms. The smallest absolute Gasteiger partial charge is 0.276 e. The van der Waals surface area contributed by atoms with Gasteiger partial charge >= 0.3 is 0 Å². The average Bonchev–Trinajstić information content (AvgIpc) is 3.34. The zero-order valence-electron chi connectivity index (χ0n) is 14.2. The number of imidazole rings is 1. The predicted octanol–water partition coefficient (Wildman–Crippen LogP) is 2.51. The Labute approximate surface area is 155 Å². The highest BCUT2D eigenvalue weighted by Gasteiger charge is 2.29. The van der Waals surface area contributed by atoms with Gasteiger partial charge in [0.05, 0.1) is 17.7 Å². The van der Waals surface area contributed by atoms with Crippen LogP contribution in [0.1, 0.15) is 40.8 Å². The highest BCUT2D eigenvalue weighted by atomic mass is 32.1. The highest BCUT2D eigenvalue weighted by Crippen LogP contribution is 2.28. The summed E-state index contributed by atoms with van der Waals surface area (Å²) < 4.78 is 2.10. The van der Waals surface area contributed by atoms with Crippen LogP contribution in [0, 0.1) is 0 Å². The molecule has 0 saturated carbocycles. The molecule has 1 N–H and O–H groups in total. The molecule has 134 valence electrons. The summed E-state index contributed by atoms with van der Waals surface area (Å²) in [6, 6.07) is 3.10. The van der Waals surface area contributed by atoms with Crippen molar-refractivity contribution in [3.05, 3.63) is 58.8 Å². The minimum Gasteiger partial charge on any atom is -0.505 e. The van der Waals surface area contributed by atoms with E-state index in [9.17, 15) is 9.90 Å². The summed E-state index contributed by atoms with van der Waals surface area (Å²) in [5, 5.41) is 11.9. The Morgan fingerprint density at radius 1 is 1.31 bits per heavy atom. The molecular formula is C18H19N5O2S. The van der Waals surface area contributed by atoms with Crippen molar-refractivity contribution < 1.29 is 9.90 Å². The van der Waals surface area contributed by atoms with Crippen LogP contribution in [0.3, 0.4) is 0 Å². The number of nitrogens with zero attached hydrogens (tertiary/aromatic N) is 5. The summed E-state index contributed by atoms with van der Waals surface area (Å²) in [5.74, 6) is 0.822. The van der Waals surface area contributed by atoms with Gasteiger partial charge in [-0.25, -0.2) is 15.0 Å². The lowest BCUT2D eigenvalue weighted by Crippen LogP contribution is -2.40. The van der Waals surface area contributed by atoms with Gasteiger partial charge < -0.3 is 14.6 Å². The number of aromatic nitrogens is 4. The van der Waals surface area contributed by atoms with Gasteiger partial charge in [-0.3, -0.25) is 4.79 Å². The average molecular weight is 369 g/mol. The van der Waals surface area contributed by atoms with Crippen molar-refractivity contribution in [2.75, 3.05) is 13.1 Å². The number of amides is 1. The minimum absolute atomic E-state index is 0.0790. The molecule has 1 atom stereocenters. The maximum absolute atomic E-state index is 12.7. The highest BCUT2D eigenvalue weighted by molar-refractivity contribution is 7.07. The molecular weight excluding hydrogens is 350 g/mol. The van der Waals surface area contributed by atoms with E-state index < -0.39 is 0 Å². The molecule has 26 heavy (non-hydrogen) atoms. The lowest BCUT2D eigenvalue weighted by molar-refractivity contribution is 0.0694. The number of carbonyl (C=O) groups is 1. The standard InChI is InChI=1S/C18H19N5O2S/c24-15-4-1-5-19-16(15)18(25)23-7-2-3-13(9-23)17-20-6-8-22(17)10-14-11-26-12-21-14/h1,4-6,8,11-13,24H,2-3,7,9-10H2/t13-/m0/s1. The summed E-state index contributed by atoms with van der Waals surface area (Å²) in [4.78, 5) is 27.4. The molecule has 1 saturated heterocycles. The van der Waals surface area contributed by atoms with Crippen LogP contribution in [0.15, 0.2) is 41.6 Å². The van der Waals surface area contributed by atoms with Gasteiger partial charge in [-0.2, -0.15) is 0 Å². The SMILES string of the molecule is O=C(c1ncccc1O)N1CCC[C@H](c2nccn2Cc2cscn2)C1. The normalized spacial score (nSPS) is 17.4. The first kappa shape index (κ1) is 16.7. The Balaban J connectivity index is 1.52. The molecule has 0 aliphatic carbocycles. The molecule has 1 amide bonds. The number of rotatable bonds is 4. The molecule has 4 rings (SSSR count). The summed E-state index contributed by atoms with van der Waals surface area (Å²) in [6.07, 6.45) is 7.15. The fourth-order valence-electron chi connectivity index (χ4n) is 3.39. The van der Waals surface area contributed by atoms with Gasteiger partial charge in [0, 0.05) is 43.0 Å². The molecule has 3 aromatic heterocycles. The number of pyridine rings is 1. The fourth-order valence-corrected chi connectivity index (χ4v) is 3.94. The Hall–Kier alpha value is -2.74. The van der Waals surface area contributed by atoms with Crippen molar-refractivity contribution in [1.82, 2.24) is 24.4 Å². The first-order valence-corrected chi connectivity index (χ1v) is 9.48. The Bertz CT molecular complexity index is 893. The van der Waals surface area contributed by atoms with Crippen molar-refractivity contribution in [1.29, 1.82) is 0 Å². The molecule has 3 aromatic rings.